The third-order valence-electron chi connectivity index (χ3n) is 5.75. The van der Waals surface area contributed by atoms with E-state index in [-0.39, 0.29) is 0 Å². The fourth-order valence-corrected chi connectivity index (χ4v) is 4.44. The minimum atomic E-state index is -0.411. The molecule has 0 aliphatic carbocycles. The largest absolute Gasteiger partial charge is 0.456 e. The number of benzene rings is 2. The zero-order valence-electron chi connectivity index (χ0n) is 15.1. The molecule has 2 unspecified atom stereocenters. The van der Waals surface area contributed by atoms with Crippen molar-refractivity contribution in [2.45, 2.75) is 38.1 Å². The maximum absolute atomic E-state index is 12.1. The molecule has 2 aromatic rings. The van der Waals surface area contributed by atoms with E-state index >= 15 is 0 Å². The summed E-state index contributed by atoms with van der Waals surface area (Å²) < 4.78 is 5.53. The predicted octanol–water partition coefficient (Wildman–Crippen LogP) is 4.00. The summed E-state index contributed by atoms with van der Waals surface area (Å²) in [7, 11) is 0. The van der Waals surface area contributed by atoms with Gasteiger partial charge in [0.15, 0.2) is 0 Å². The summed E-state index contributed by atoms with van der Waals surface area (Å²) in [6.07, 6.45) is 6.21. The van der Waals surface area contributed by atoms with Crippen molar-refractivity contribution in [1.82, 2.24) is 4.90 Å². The summed E-state index contributed by atoms with van der Waals surface area (Å²) in [5.41, 5.74) is 0.871. The smallest absolute Gasteiger partial charge is 0.384 e. The molecule has 0 N–H and O–H groups in total. The molecule has 2 aromatic carbocycles. The minimum absolute atomic E-state index is 0.411. The van der Waals surface area contributed by atoms with Crippen LogP contribution in [0.1, 0.15) is 37.7 Å². The zero-order chi connectivity index (χ0) is 17.8. The minimum Gasteiger partial charge on any atom is -0.456 e. The van der Waals surface area contributed by atoms with E-state index in [1.165, 1.54) is 38.8 Å². The van der Waals surface area contributed by atoms with Crippen molar-refractivity contribution >= 4 is 16.7 Å². The quantitative estimate of drug-likeness (QED) is 0.607. The third-order valence-corrected chi connectivity index (χ3v) is 5.75. The number of carbonyl (C=O) groups excluding carboxylic acids is 1. The lowest BCUT2D eigenvalue weighted by atomic mass is 9.84. The first kappa shape index (κ1) is 17.1. The fraction of sp³-hybridized carbons (Fsp3) is 0.435. The van der Waals surface area contributed by atoms with Gasteiger partial charge in [-0.3, -0.25) is 4.90 Å². The molecule has 0 radical (unpaired) electrons. The van der Waals surface area contributed by atoms with Crippen molar-refractivity contribution in [1.29, 1.82) is 0 Å². The molecule has 2 aliphatic heterocycles. The molecule has 26 heavy (non-hydrogen) atoms. The Hall–Kier alpha value is -2.31. The van der Waals surface area contributed by atoms with Crippen LogP contribution in [0, 0.1) is 17.8 Å². The molecule has 134 valence electrons. The number of hydrogen-bond donors (Lipinski definition) is 0. The maximum atomic E-state index is 12.1. The van der Waals surface area contributed by atoms with Gasteiger partial charge in [-0.1, -0.05) is 48.7 Å². The van der Waals surface area contributed by atoms with Crippen molar-refractivity contribution in [2.24, 2.45) is 5.92 Å². The van der Waals surface area contributed by atoms with Crippen LogP contribution in [0.2, 0.25) is 0 Å². The van der Waals surface area contributed by atoms with Gasteiger partial charge in [0, 0.05) is 23.4 Å². The third kappa shape index (κ3) is 3.76. The number of hydrogen-bond acceptors (Lipinski definition) is 3. The molecule has 2 saturated heterocycles. The number of fused-ring (bicyclic) bond motifs is 2. The molecule has 3 heteroatoms. The Morgan fingerprint density at radius 1 is 1.04 bits per heavy atom. The van der Waals surface area contributed by atoms with Crippen LogP contribution in [-0.4, -0.2) is 36.6 Å². The van der Waals surface area contributed by atoms with E-state index in [2.05, 4.69) is 28.9 Å². The first-order valence-corrected chi connectivity index (χ1v) is 9.72. The Kier molecular flexibility index (Phi) is 5.22. The normalized spacial score (nSPS) is 22.9. The molecule has 0 spiro atoms. The molecule has 4 rings (SSSR count). The summed E-state index contributed by atoms with van der Waals surface area (Å²) in [4.78, 5) is 14.7. The summed E-state index contributed by atoms with van der Waals surface area (Å²) in [6.45, 7) is 2.91. The van der Waals surface area contributed by atoms with E-state index in [0.29, 0.717) is 18.6 Å². The van der Waals surface area contributed by atoms with Crippen LogP contribution < -0.4 is 0 Å². The Labute approximate surface area is 155 Å². The molecule has 3 nitrogen and oxygen atoms in total. The summed E-state index contributed by atoms with van der Waals surface area (Å²) in [5.74, 6) is 5.73. The molecular formula is C23H25NO2. The highest BCUT2D eigenvalue weighted by Gasteiger charge is 2.33. The number of esters is 1. The number of rotatable bonds is 2. The molecule has 0 bridgehead atoms. The van der Waals surface area contributed by atoms with Gasteiger partial charge in [0.05, 0.1) is 6.61 Å². The lowest BCUT2D eigenvalue weighted by Gasteiger charge is -2.44. The second-order valence-corrected chi connectivity index (χ2v) is 7.38. The van der Waals surface area contributed by atoms with Gasteiger partial charge in [-0.05, 0) is 55.6 Å². The Bertz CT molecular complexity index is 841. The summed E-state index contributed by atoms with van der Waals surface area (Å²) in [6, 6.07) is 14.6. The maximum Gasteiger partial charge on any atom is 0.384 e. The van der Waals surface area contributed by atoms with Crippen LogP contribution in [-0.2, 0) is 9.53 Å². The van der Waals surface area contributed by atoms with Crippen LogP contribution in [0.15, 0.2) is 42.5 Å². The second-order valence-electron chi connectivity index (χ2n) is 7.38. The molecule has 2 atom stereocenters. The van der Waals surface area contributed by atoms with Crippen molar-refractivity contribution < 1.29 is 9.53 Å². The van der Waals surface area contributed by atoms with Crippen LogP contribution in [0.4, 0.5) is 0 Å². The van der Waals surface area contributed by atoms with Gasteiger partial charge in [-0.25, -0.2) is 4.79 Å². The van der Waals surface area contributed by atoms with Crippen LogP contribution >= 0.6 is 0 Å². The van der Waals surface area contributed by atoms with Gasteiger partial charge < -0.3 is 4.74 Å². The number of piperidine rings is 2. The SMILES string of the molecule is O=C(C#Cc1cccc2ccccc12)OCC1CCCN2CCCCC12. The molecule has 0 saturated carbocycles. The average Bonchev–Trinajstić information content (AvgIpc) is 2.70. The van der Waals surface area contributed by atoms with E-state index in [1.54, 1.807) is 0 Å². The van der Waals surface area contributed by atoms with Crippen LogP contribution in [0.5, 0.6) is 0 Å². The van der Waals surface area contributed by atoms with Crippen LogP contribution in [0.25, 0.3) is 10.8 Å². The highest BCUT2D eigenvalue weighted by atomic mass is 16.5. The van der Waals surface area contributed by atoms with E-state index in [0.717, 1.165) is 22.8 Å². The first-order valence-electron chi connectivity index (χ1n) is 9.72. The van der Waals surface area contributed by atoms with E-state index in [1.807, 2.05) is 30.3 Å². The number of ether oxygens (including phenoxy) is 1. The molecular weight excluding hydrogens is 322 g/mol. The van der Waals surface area contributed by atoms with Gasteiger partial charge >= 0.3 is 5.97 Å². The zero-order valence-corrected chi connectivity index (χ0v) is 15.1. The van der Waals surface area contributed by atoms with Crippen molar-refractivity contribution in [2.75, 3.05) is 19.7 Å². The molecule has 0 aromatic heterocycles. The lowest BCUT2D eigenvalue weighted by molar-refractivity contribution is -0.139. The van der Waals surface area contributed by atoms with Crippen LogP contribution in [0.3, 0.4) is 0 Å². The Balaban J connectivity index is 1.39. The van der Waals surface area contributed by atoms with Crippen molar-refractivity contribution in [3.63, 3.8) is 0 Å². The van der Waals surface area contributed by atoms with Gasteiger partial charge in [0.25, 0.3) is 0 Å². The second kappa shape index (κ2) is 7.93. The summed E-state index contributed by atoms with van der Waals surface area (Å²) in [5, 5.41) is 2.20. The highest BCUT2D eigenvalue weighted by molar-refractivity contribution is 5.92. The van der Waals surface area contributed by atoms with Gasteiger partial charge in [0.2, 0.25) is 0 Å². The average molecular weight is 347 g/mol. The lowest BCUT2D eigenvalue weighted by Crippen LogP contribution is -2.49. The molecule has 2 aliphatic rings. The van der Waals surface area contributed by atoms with Gasteiger partial charge in [-0.2, -0.15) is 0 Å². The van der Waals surface area contributed by atoms with Gasteiger partial charge in [0.1, 0.15) is 0 Å². The van der Waals surface area contributed by atoms with E-state index < -0.39 is 5.97 Å². The van der Waals surface area contributed by atoms with Crippen molar-refractivity contribution in [3.05, 3.63) is 48.0 Å². The van der Waals surface area contributed by atoms with E-state index in [4.69, 9.17) is 4.74 Å². The topological polar surface area (TPSA) is 29.5 Å². The molecule has 2 heterocycles. The van der Waals surface area contributed by atoms with E-state index in [9.17, 15) is 4.79 Å². The Morgan fingerprint density at radius 3 is 2.85 bits per heavy atom. The molecule has 0 amide bonds. The number of carbonyl (C=O) groups is 1. The number of nitrogens with zero attached hydrogens (tertiary/aromatic N) is 1. The standard InChI is InChI=1S/C23H25NO2/c25-23(14-13-19-9-5-8-18-7-1-2-11-21(18)19)26-17-20-10-6-16-24-15-4-3-12-22(20)24/h1-2,5,7-9,11,20,22H,3-4,6,10,12,15-17H2. The van der Waals surface area contributed by atoms with Crippen molar-refractivity contribution in [3.8, 4) is 11.8 Å². The predicted molar refractivity (Wildman–Crippen MR) is 104 cm³/mol. The fourth-order valence-electron chi connectivity index (χ4n) is 4.44. The van der Waals surface area contributed by atoms with Gasteiger partial charge in [-0.15, -0.1) is 0 Å². The Morgan fingerprint density at radius 2 is 1.88 bits per heavy atom. The highest BCUT2D eigenvalue weighted by Crippen LogP contribution is 2.31. The monoisotopic (exact) mass is 347 g/mol. The first-order chi connectivity index (χ1) is 12.8. The molecule has 2 fully saturated rings. The summed E-state index contributed by atoms with van der Waals surface area (Å²) >= 11 is 0.